The summed E-state index contributed by atoms with van der Waals surface area (Å²) in [7, 11) is 0. The summed E-state index contributed by atoms with van der Waals surface area (Å²) in [6.45, 7) is 10.4. The van der Waals surface area contributed by atoms with Gasteiger partial charge in [-0.15, -0.1) is 0 Å². The summed E-state index contributed by atoms with van der Waals surface area (Å²) >= 11 is 0. The largest absolute Gasteiger partial charge is 0.381 e. The van der Waals surface area contributed by atoms with Gasteiger partial charge < -0.3 is 9.72 Å². The van der Waals surface area contributed by atoms with E-state index < -0.39 is 0 Å². The molecule has 7 heteroatoms. The molecule has 0 unspecified atom stereocenters. The van der Waals surface area contributed by atoms with Gasteiger partial charge in [0, 0.05) is 42.5 Å². The third-order valence-electron chi connectivity index (χ3n) is 9.00. The number of aromatic nitrogens is 5. The van der Waals surface area contributed by atoms with Crippen LogP contribution in [0.2, 0.25) is 0 Å². The number of nitrogens with zero attached hydrogens (tertiary/aromatic N) is 4. The molecule has 4 aromatic rings. The molecule has 2 aliphatic rings. The highest BCUT2D eigenvalue weighted by molar-refractivity contribution is 5.89. The van der Waals surface area contributed by atoms with Crippen LogP contribution in [0.4, 0.5) is 4.39 Å². The van der Waals surface area contributed by atoms with E-state index in [4.69, 9.17) is 9.72 Å². The van der Waals surface area contributed by atoms with Crippen molar-refractivity contribution >= 4 is 16.7 Å². The average molecular weight is 504 g/mol. The third-order valence-corrected chi connectivity index (χ3v) is 9.00. The SMILES string of the molecule is Cc1c(-c2[nH]c3cc(F)c(C4CCC(CC5CCOCC5)CC4)nc3c2C(C)C)cn2ncnc2c1C. The number of hydrogen-bond acceptors (Lipinski definition) is 4. The topological polar surface area (TPSA) is 68.1 Å². The number of aryl methyl sites for hydroxylation is 1. The maximum Gasteiger partial charge on any atom is 0.158 e. The number of H-pyrrole nitrogens is 1. The molecule has 6 rings (SSSR count). The van der Waals surface area contributed by atoms with Gasteiger partial charge in [0.1, 0.15) is 12.1 Å². The second-order valence-corrected chi connectivity index (χ2v) is 11.7. The Morgan fingerprint density at radius 2 is 1.78 bits per heavy atom. The van der Waals surface area contributed by atoms with Crippen molar-refractivity contribution in [3.63, 3.8) is 0 Å². The molecule has 196 valence electrons. The number of rotatable bonds is 5. The molecule has 4 aromatic heterocycles. The van der Waals surface area contributed by atoms with Crippen LogP contribution in [0.25, 0.3) is 27.9 Å². The van der Waals surface area contributed by atoms with Gasteiger partial charge in [0.25, 0.3) is 0 Å². The van der Waals surface area contributed by atoms with Gasteiger partial charge in [-0.3, -0.25) is 0 Å². The van der Waals surface area contributed by atoms with Crippen molar-refractivity contribution in [2.75, 3.05) is 13.2 Å². The summed E-state index contributed by atoms with van der Waals surface area (Å²) in [6.07, 6.45) is 11.7. The van der Waals surface area contributed by atoms with E-state index >= 15 is 4.39 Å². The predicted molar refractivity (Wildman–Crippen MR) is 144 cm³/mol. The van der Waals surface area contributed by atoms with E-state index in [0.29, 0.717) is 5.69 Å². The summed E-state index contributed by atoms with van der Waals surface area (Å²) in [5.41, 5.74) is 8.65. The first-order chi connectivity index (χ1) is 17.9. The highest BCUT2D eigenvalue weighted by Gasteiger charge is 2.29. The zero-order valence-corrected chi connectivity index (χ0v) is 22.5. The van der Waals surface area contributed by atoms with Gasteiger partial charge in [0.05, 0.1) is 22.4 Å². The summed E-state index contributed by atoms with van der Waals surface area (Å²) in [5, 5.41) is 4.38. The smallest absolute Gasteiger partial charge is 0.158 e. The van der Waals surface area contributed by atoms with Crippen molar-refractivity contribution in [2.45, 2.75) is 84.5 Å². The lowest BCUT2D eigenvalue weighted by Crippen LogP contribution is -2.22. The van der Waals surface area contributed by atoms with E-state index in [2.05, 4.69) is 42.8 Å². The summed E-state index contributed by atoms with van der Waals surface area (Å²) in [6, 6.07) is 1.68. The average Bonchev–Trinajstić information content (AvgIpc) is 3.51. The molecule has 1 aliphatic heterocycles. The van der Waals surface area contributed by atoms with E-state index in [1.807, 2.05) is 10.7 Å². The maximum absolute atomic E-state index is 15.5. The Labute approximate surface area is 218 Å². The van der Waals surface area contributed by atoms with Crippen LogP contribution in [0.1, 0.15) is 93.0 Å². The molecular formula is C30H38FN5O. The number of aromatic amines is 1. The molecule has 6 nitrogen and oxygen atoms in total. The van der Waals surface area contributed by atoms with Crippen LogP contribution in [0.15, 0.2) is 18.6 Å². The van der Waals surface area contributed by atoms with E-state index in [1.165, 1.54) is 32.1 Å². The first kappa shape index (κ1) is 24.5. The van der Waals surface area contributed by atoms with Gasteiger partial charge in [0.15, 0.2) is 5.65 Å². The minimum absolute atomic E-state index is 0.178. The van der Waals surface area contributed by atoms with Gasteiger partial charge in [0.2, 0.25) is 0 Å². The first-order valence-corrected chi connectivity index (χ1v) is 14.0. The number of halogens is 1. The first-order valence-electron chi connectivity index (χ1n) is 14.0. The van der Waals surface area contributed by atoms with Crippen molar-refractivity contribution in [1.82, 2.24) is 24.6 Å². The molecule has 1 saturated heterocycles. The zero-order chi connectivity index (χ0) is 25.7. The second kappa shape index (κ2) is 9.82. The number of pyridine rings is 2. The Kier molecular flexibility index (Phi) is 6.51. The molecular weight excluding hydrogens is 465 g/mol. The van der Waals surface area contributed by atoms with Crippen LogP contribution in [0.3, 0.4) is 0 Å². The molecule has 5 heterocycles. The minimum Gasteiger partial charge on any atom is -0.381 e. The lowest BCUT2D eigenvalue weighted by atomic mass is 9.75. The van der Waals surface area contributed by atoms with Crippen LogP contribution in [-0.4, -0.2) is 37.8 Å². The van der Waals surface area contributed by atoms with Crippen LogP contribution in [0.5, 0.6) is 0 Å². The van der Waals surface area contributed by atoms with Crippen LogP contribution in [0, 0.1) is 31.5 Å². The number of fused-ring (bicyclic) bond motifs is 2. The van der Waals surface area contributed by atoms with E-state index in [9.17, 15) is 0 Å². The van der Waals surface area contributed by atoms with Gasteiger partial charge in [-0.1, -0.05) is 13.8 Å². The molecule has 0 radical (unpaired) electrons. The lowest BCUT2D eigenvalue weighted by Gasteiger charge is -2.32. The highest BCUT2D eigenvalue weighted by atomic mass is 19.1. The Morgan fingerprint density at radius 1 is 1.05 bits per heavy atom. The fourth-order valence-corrected chi connectivity index (χ4v) is 6.76. The van der Waals surface area contributed by atoms with Gasteiger partial charge >= 0.3 is 0 Å². The lowest BCUT2D eigenvalue weighted by molar-refractivity contribution is 0.0557. The summed E-state index contributed by atoms with van der Waals surface area (Å²) < 4.78 is 22.9. The second-order valence-electron chi connectivity index (χ2n) is 11.7. The Morgan fingerprint density at radius 3 is 2.51 bits per heavy atom. The summed E-state index contributed by atoms with van der Waals surface area (Å²) in [4.78, 5) is 13.0. The van der Waals surface area contributed by atoms with Crippen molar-refractivity contribution in [2.24, 2.45) is 11.8 Å². The fourth-order valence-electron chi connectivity index (χ4n) is 6.76. The van der Waals surface area contributed by atoms with Gasteiger partial charge in [-0.2, -0.15) is 5.10 Å². The molecule has 1 aliphatic carbocycles. The van der Waals surface area contributed by atoms with E-state index in [0.717, 1.165) is 82.5 Å². The molecule has 0 aromatic carbocycles. The highest BCUT2D eigenvalue weighted by Crippen LogP contribution is 2.42. The number of hydrogen-bond donors (Lipinski definition) is 1. The van der Waals surface area contributed by atoms with Crippen LogP contribution >= 0.6 is 0 Å². The Balaban J connectivity index is 1.33. The maximum atomic E-state index is 15.5. The van der Waals surface area contributed by atoms with Gasteiger partial charge in [-0.25, -0.2) is 18.9 Å². The van der Waals surface area contributed by atoms with Crippen LogP contribution in [-0.2, 0) is 4.74 Å². The monoisotopic (exact) mass is 503 g/mol. The summed E-state index contributed by atoms with van der Waals surface area (Å²) in [5.74, 6) is 1.81. The molecule has 1 saturated carbocycles. The number of nitrogens with one attached hydrogen (secondary N) is 1. The molecule has 1 N–H and O–H groups in total. The Bertz CT molecular complexity index is 1420. The normalized spacial score (nSPS) is 21.5. The van der Waals surface area contributed by atoms with Crippen molar-refractivity contribution in [1.29, 1.82) is 0 Å². The standard InChI is InChI=1S/C30H38FN5O/c1-17(2)26-28(23-15-36-30(32-16-33-36)19(4)18(23)3)34-25-14-24(31)27(35-29(25)26)22-7-5-20(6-8-22)13-21-9-11-37-12-10-21/h14-17,20-22,34H,5-13H2,1-4H3. The predicted octanol–water partition coefficient (Wildman–Crippen LogP) is 7.24. The molecule has 37 heavy (non-hydrogen) atoms. The Hall–Kier alpha value is -2.80. The molecule has 0 atom stereocenters. The van der Waals surface area contributed by atoms with Crippen LogP contribution < -0.4 is 0 Å². The molecule has 2 fully saturated rings. The quantitative estimate of drug-likeness (QED) is 0.312. The van der Waals surface area contributed by atoms with E-state index in [-0.39, 0.29) is 17.7 Å². The molecule has 0 bridgehead atoms. The number of ether oxygens (including phenoxy) is 1. The minimum atomic E-state index is -0.178. The van der Waals surface area contributed by atoms with E-state index in [1.54, 1.807) is 12.4 Å². The van der Waals surface area contributed by atoms with Crippen molar-refractivity contribution < 1.29 is 9.13 Å². The zero-order valence-electron chi connectivity index (χ0n) is 22.5. The molecule has 0 spiro atoms. The van der Waals surface area contributed by atoms with Crippen molar-refractivity contribution in [3.05, 3.63) is 46.8 Å². The fraction of sp³-hybridized carbons (Fsp3) is 0.567. The van der Waals surface area contributed by atoms with Gasteiger partial charge in [-0.05, 0) is 87.7 Å². The molecule has 0 amide bonds. The van der Waals surface area contributed by atoms with Crippen molar-refractivity contribution in [3.8, 4) is 11.3 Å². The third kappa shape index (κ3) is 4.45.